The van der Waals surface area contributed by atoms with E-state index < -0.39 is 0 Å². The van der Waals surface area contributed by atoms with Crippen molar-refractivity contribution in [1.29, 1.82) is 0 Å². The van der Waals surface area contributed by atoms with Crippen LogP contribution in [0.1, 0.15) is 0 Å². The summed E-state index contributed by atoms with van der Waals surface area (Å²) in [5.41, 5.74) is 16.1. The molecule has 0 amide bonds. The van der Waals surface area contributed by atoms with E-state index in [0.717, 1.165) is 89.1 Å². The molecular formula is C68H44N6O2. The molecule has 4 aromatic heterocycles. The van der Waals surface area contributed by atoms with E-state index in [1.54, 1.807) is 18.3 Å². The van der Waals surface area contributed by atoms with Crippen LogP contribution in [0.4, 0.5) is 0 Å². The lowest BCUT2D eigenvalue weighted by molar-refractivity contribution is 0.914. The molecule has 8 heteroatoms. The minimum Gasteiger partial charge on any atom is -0.309 e. The van der Waals surface area contributed by atoms with E-state index in [2.05, 4.69) is 179 Å². The normalized spacial score (nSPS) is 11.8. The fourth-order valence-electron chi connectivity index (χ4n) is 11.8. The smallest absolute Gasteiger partial charge is 0.309 e. The van der Waals surface area contributed by atoms with Crippen LogP contribution in [0.5, 0.6) is 0 Å². The van der Waals surface area contributed by atoms with Gasteiger partial charge in [-0.05, 0) is 138 Å². The van der Waals surface area contributed by atoms with Crippen molar-refractivity contribution in [2.45, 2.75) is 0 Å². The largest absolute Gasteiger partial charge is 0.338 e. The van der Waals surface area contributed by atoms with E-state index in [1.165, 1.54) is 21.5 Å². The third kappa shape index (κ3) is 6.64. The van der Waals surface area contributed by atoms with E-state index in [9.17, 15) is 0 Å². The van der Waals surface area contributed by atoms with Crippen LogP contribution in [-0.2, 0) is 0 Å². The highest BCUT2D eigenvalue weighted by molar-refractivity contribution is 6.10. The van der Waals surface area contributed by atoms with Crippen molar-refractivity contribution in [3.05, 3.63) is 288 Å². The minimum atomic E-state index is -0.219. The van der Waals surface area contributed by atoms with Crippen LogP contribution in [0.15, 0.2) is 277 Å². The Morgan fingerprint density at radius 3 is 0.671 bits per heavy atom. The molecule has 0 atom stereocenters. The van der Waals surface area contributed by atoms with Crippen LogP contribution >= 0.6 is 0 Å². The predicted molar refractivity (Wildman–Crippen MR) is 311 cm³/mol. The number of rotatable bonds is 8. The lowest BCUT2D eigenvalue weighted by Gasteiger charge is -2.11. The van der Waals surface area contributed by atoms with E-state index in [4.69, 9.17) is 0 Å². The first-order valence-electron chi connectivity index (χ1n) is 25.5. The molecular weight excluding hydrogens is 933 g/mol. The van der Waals surface area contributed by atoms with Crippen LogP contribution in [0.3, 0.4) is 0 Å². The number of nitrogens with zero attached hydrogens (tertiary/aromatic N) is 6. The molecule has 0 aliphatic heterocycles. The van der Waals surface area contributed by atoms with Crippen LogP contribution < -0.4 is 11.4 Å². The van der Waals surface area contributed by atoms with E-state index >= 15 is 9.59 Å². The lowest BCUT2D eigenvalue weighted by Crippen LogP contribution is -2.23. The van der Waals surface area contributed by atoms with Gasteiger partial charge in [-0.2, -0.15) is 0 Å². The first-order chi connectivity index (χ1) is 37.6. The molecule has 11 aromatic carbocycles. The number of hydrogen-bond acceptors (Lipinski definition) is 2. The summed E-state index contributed by atoms with van der Waals surface area (Å²) in [6.45, 7) is 0. The second-order valence-corrected chi connectivity index (χ2v) is 19.3. The Labute approximate surface area is 435 Å². The fraction of sp³-hybridized carbons (Fsp3) is 0. The zero-order chi connectivity index (χ0) is 50.4. The number of imidazole rings is 2. The summed E-state index contributed by atoms with van der Waals surface area (Å²) in [4.78, 5) is 30.2. The van der Waals surface area contributed by atoms with Gasteiger partial charge < -0.3 is 9.13 Å². The lowest BCUT2D eigenvalue weighted by atomic mass is 10.0. The Morgan fingerprint density at radius 2 is 0.395 bits per heavy atom. The maximum Gasteiger partial charge on any atom is 0.338 e. The minimum absolute atomic E-state index is 0.219. The van der Waals surface area contributed by atoms with Crippen molar-refractivity contribution in [3.63, 3.8) is 0 Å². The molecule has 76 heavy (non-hydrogen) atoms. The Kier molecular flexibility index (Phi) is 9.70. The fourth-order valence-corrected chi connectivity index (χ4v) is 11.8. The highest BCUT2D eigenvalue weighted by atomic mass is 16.2. The van der Waals surface area contributed by atoms with Crippen LogP contribution in [-0.4, -0.2) is 27.4 Å². The van der Waals surface area contributed by atoms with Crippen LogP contribution in [0.25, 0.3) is 122 Å². The summed E-state index contributed by atoms with van der Waals surface area (Å²) in [6.07, 6.45) is 0. The van der Waals surface area contributed by atoms with Crippen LogP contribution in [0.2, 0.25) is 0 Å². The second-order valence-electron chi connectivity index (χ2n) is 19.3. The molecule has 0 N–H and O–H groups in total. The molecule has 0 bridgehead atoms. The van der Waals surface area contributed by atoms with Crippen molar-refractivity contribution in [1.82, 2.24) is 27.4 Å². The molecule has 0 aliphatic carbocycles. The SMILES string of the molecule is O=c1n(-c2cccc(-c3cccc(-n4c5ccccc5c5ccccc54)c3)c2)c2ccccc2n1-c1cccc(-n2c(=O)n(-c3cccc(-c4cccc(-n5c6ccccc6c6ccccc65)c4)c3)c3ccccc32)c1. The maximum absolute atomic E-state index is 15.1. The molecule has 0 fully saturated rings. The van der Waals surface area contributed by atoms with Gasteiger partial charge in [-0.1, -0.05) is 152 Å². The summed E-state index contributed by atoms with van der Waals surface area (Å²) in [5.74, 6) is 0. The van der Waals surface area contributed by atoms with Gasteiger partial charge >= 0.3 is 11.4 Å². The number of aromatic nitrogens is 6. The predicted octanol–water partition coefficient (Wildman–Crippen LogP) is 15.4. The van der Waals surface area contributed by atoms with Gasteiger partial charge in [0.25, 0.3) is 0 Å². The first kappa shape index (κ1) is 43.2. The standard InChI is InChI=1S/C68H44N6O2/c75-67-71(51-24-15-20-47(42-51)45-18-13-22-49(40-45)69-59-32-5-1-28-55(59)56-29-2-6-33-60(56)69)63-36-9-11-38-65(63)73(67)53-26-17-27-54(44-53)74-66-39-12-10-37-64(66)72(68(74)76)52-25-16-21-48(43-52)46-19-14-23-50(41-46)70-61-34-7-3-30-57(61)58-31-4-8-35-62(58)70/h1-44H. The van der Waals surface area contributed by atoms with Gasteiger partial charge in [0.2, 0.25) is 0 Å². The molecule has 0 saturated heterocycles. The highest BCUT2D eigenvalue weighted by Gasteiger charge is 2.21. The quantitative estimate of drug-likeness (QED) is 0.152. The summed E-state index contributed by atoms with van der Waals surface area (Å²) in [5, 5.41) is 4.84. The second kappa shape index (κ2) is 17.1. The molecule has 8 nitrogen and oxygen atoms in total. The zero-order valence-electron chi connectivity index (χ0n) is 40.9. The number of fused-ring (bicyclic) bond motifs is 8. The Hall–Kier alpha value is -10.4. The number of hydrogen-bond donors (Lipinski definition) is 0. The van der Waals surface area contributed by atoms with Gasteiger partial charge in [0, 0.05) is 32.9 Å². The molecule has 0 radical (unpaired) electrons. The van der Waals surface area contributed by atoms with Crippen LogP contribution in [0, 0.1) is 0 Å². The molecule has 0 spiro atoms. The Balaban J connectivity index is 0.806. The highest BCUT2D eigenvalue weighted by Crippen LogP contribution is 2.36. The monoisotopic (exact) mass is 976 g/mol. The van der Waals surface area contributed by atoms with Crippen molar-refractivity contribution in [2.24, 2.45) is 0 Å². The number of para-hydroxylation sites is 8. The molecule has 15 rings (SSSR count). The van der Waals surface area contributed by atoms with Crippen molar-refractivity contribution in [2.75, 3.05) is 0 Å². The topological polar surface area (TPSA) is 63.7 Å². The third-order valence-corrected chi connectivity index (χ3v) is 15.1. The van der Waals surface area contributed by atoms with Gasteiger partial charge in [-0.3, -0.25) is 18.3 Å². The van der Waals surface area contributed by atoms with E-state index in [1.807, 2.05) is 97.1 Å². The molecule has 4 heterocycles. The van der Waals surface area contributed by atoms with Gasteiger partial charge in [0.1, 0.15) is 0 Å². The maximum atomic E-state index is 15.1. The molecule has 15 aromatic rings. The third-order valence-electron chi connectivity index (χ3n) is 15.1. The molecule has 0 saturated carbocycles. The van der Waals surface area contributed by atoms with E-state index in [-0.39, 0.29) is 11.4 Å². The zero-order valence-corrected chi connectivity index (χ0v) is 40.9. The Morgan fingerprint density at radius 1 is 0.184 bits per heavy atom. The summed E-state index contributed by atoms with van der Waals surface area (Å²) in [6, 6.07) is 91.1. The van der Waals surface area contributed by atoms with Crippen molar-refractivity contribution >= 4 is 65.7 Å². The average Bonchev–Trinajstić information content (AvgIpc) is 4.26. The Bertz CT molecular complexity index is 4550. The van der Waals surface area contributed by atoms with Gasteiger partial charge in [-0.25, -0.2) is 9.59 Å². The summed E-state index contributed by atoms with van der Waals surface area (Å²) < 4.78 is 11.7. The van der Waals surface area contributed by atoms with Crippen molar-refractivity contribution in [3.8, 4) is 56.4 Å². The molecule has 0 aliphatic rings. The van der Waals surface area contributed by atoms with Gasteiger partial charge in [-0.15, -0.1) is 0 Å². The summed E-state index contributed by atoms with van der Waals surface area (Å²) >= 11 is 0. The van der Waals surface area contributed by atoms with Gasteiger partial charge in [0.15, 0.2) is 0 Å². The van der Waals surface area contributed by atoms with Gasteiger partial charge in [0.05, 0.1) is 66.9 Å². The van der Waals surface area contributed by atoms with Crippen molar-refractivity contribution < 1.29 is 0 Å². The van der Waals surface area contributed by atoms with E-state index in [0.29, 0.717) is 11.4 Å². The first-order valence-corrected chi connectivity index (χ1v) is 25.5. The molecule has 0 unspecified atom stereocenters. The molecule has 358 valence electrons. The summed E-state index contributed by atoms with van der Waals surface area (Å²) in [7, 11) is 0. The average molecular weight is 977 g/mol. The number of benzene rings is 11.